The van der Waals surface area contributed by atoms with Crippen LogP contribution in [0.1, 0.15) is 53.1 Å². The second-order valence-electron chi connectivity index (χ2n) is 7.52. The summed E-state index contributed by atoms with van der Waals surface area (Å²) in [5, 5.41) is 9.79. The summed E-state index contributed by atoms with van der Waals surface area (Å²) < 4.78 is 11.7. The Hall–Kier alpha value is -2.44. The predicted octanol–water partition coefficient (Wildman–Crippen LogP) is 5.06. The molecule has 0 radical (unpaired) electrons. The van der Waals surface area contributed by atoms with E-state index in [9.17, 15) is 5.11 Å². The Morgan fingerprint density at radius 3 is 1.79 bits per heavy atom. The minimum Gasteiger partial charge on any atom is -0.493 e. The van der Waals surface area contributed by atoms with Crippen LogP contribution in [-0.2, 0) is 6.42 Å². The number of hydrogen-bond acceptors (Lipinski definition) is 3. The molecule has 0 heterocycles. The van der Waals surface area contributed by atoms with Crippen molar-refractivity contribution in [2.24, 2.45) is 0 Å². The number of aliphatic hydroxyl groups excluding tert-OH is 1. The summed E-state index contributed by atoms with van der Waals surface area (Å²) >= 11 is 0. The average Bonchev–Trinajstić information content (AvgIpc) is 2.60. The second kappa shape index (κ2) is 10.2. The lowest BCUT2D eigenvalue weighted by Crippen LogP contribution is -2.17. The van der Waals surface area contributed by atoms with E-state index < -0.39 is 6.10 Å². The molecule has 0 saturated heterocycles. The van der Waals surface area contributed by atoms with Gasteiger partial charge < -0.3 is 14.6 Å². The first-order chi connectivity index (χ1) is 13.3. The molecule has 1 atom stereocenters. The van der Waals surface area contributed by atoms with Gasteiger partial charge in [0.2, 0.25) is 0 Å². The van der Waals surface area contributed by atoms with Gasteiger partial charge in [-0.1, -0.05) is 31.2 Å². The van der Waals surface area contributed by atoms with Crippen LogP contribution in [0.2, 0.25) is 0 Å². The number of terminal acetylenes is 1. The molecule has 2 aromatic carbocycles. The number of aryl methyl sites for hydroxylation is 4. The van der Waals surface area contributed by atoms with Crippen molar-refractivity contribution in [3.05, 3.63) is 57.6 Å². The van der Waals surface area contributed by atoms with Crippen LogP contribution in [0, 0.1) is 40.0 Å². The van der Waals surface area contributed by atoms with Gasteiger partial charge in [-0.2, -0.15) is 0 Å². The van der Waals surface area contributed by atoms with E-state index in [4.69, 9.17) is 15.9 Å². The maximum absolute atomic E-state index is 9.79. The van der Waals surface area contributed by atoms with Crippen LogP contribution in [0.15, 0.2) is 24.3 Å². The van der Waals surface area contributed by atoms with Crippen molar-refractivity contribution in [1.82, 2.24) is 0 Å². The van der Waals surface area contributed by atoms with Gasteiger partial charge in [0, 0.05) is 6.42 Å². The molecule has 0 saturated carbocycles. The highest BCUT2D eigenvalue weighted by atomic mass is 16.5. The third kappa shape index (κ3) is 5.78. The van der Waals surface area contributed by atoms with Crippen molar-refractivity contribution in [3.63, 3.8) is 0 Å². The molecule has 0 bridgehead atoms. The van der Waals surface area contributed by atoms with Crippen LogP contribution in [-0.4, -0.2) is 24.4 Å². The van der Waals surface area contributed by atoms with E-state index in [1.165, 1.54) is 22.3 Å². The molecule has 150 valence electrons. The summed E-state index contributed by atoms with van der Waals surface area (Å²) in [4.78, 5) is 0. The fourth-order valence-corrected chi connectivity index (χ4v) is 3.55. The van der Waals surface area contributed by atoms with Gasteiger partial charge in [0.1, 0.15) is 18.1 Å². The Morgan fingerprint density at radius 2 is 1.36 bits per heavy atom. The number of ether oxygens (including phenoxy) is 2. The highest BCUT2D eigenvalue weighted by Crippen LogP contribution is 2.29. The molecule has 0 aliphatic heterocycles. The molecule has 28 heavy (non-hydrogen) atoms. The topological polar surface area (TPSA) is 38.7 Å². The zero-order valence-electron chi connectivity index (χ0n) is 17.8. The summed E-state index contributed by atoms with van der Waals surface area (Å²) in [5.41, 5.74) is 7.01. The molecule has 1 N–H and O–H groups in total. The summed E-state index contributed by atoms with van der Waals surface area (Å²) in [5.74, 6) is 4.29. The summed E-state index contributed by atoms with van der Waals surface area (Å²) in [6, 6.07) is 8.73. The fraction of sp³-hybridized carbons (Fsp3) is 0.440. The molecular formula is C25H32O3. The Balaban J connectivity index is 2.16. The van der Waals surface area contributed by atoms with Crippen molar-refractivity contribution in [1.29, 1.82) is 0 Å². The molecule has 0 spiro atoms. The van der Waals surface area contributed by atoms with E-state index in [1.54, 1.807) is 0 Å². The Kier molecular flexibility index (Phi) is 7.96. The molecule has 3 nitrogen and oxygen atoms in total. The lowest BCUT2D eigenvalue weighted by Gasteiger charge is -2.17. The normalized spacial score (nSPS) is 11.8. The monoisotopic (exact) mass is 380 g/mol. The van der Waals surface area contributed by atoms with Gasteiger partial charge in [-0.05, 0) is 73.9 Å². The molecule has 0 aliphatic carbocycles. The SMILES string of the molecule is C#CCC(O)COc1c(C)cc(Cc2cc(C)c(OCCC)c(C)c2)cc1C. The molecule has 0 amide bonds. The summed E-state index contributed by atoms with van der Waals surface area (Å²) in [6.45, 7) is 11.4. The number of hydrogen-bond donors (Lipinski definition) is 1. The smallest absolute Gasteiger partial charge is 0.125 e. The lowest BCUT2D eigenvalue weighted by molar-refractivity contribution is 0.111. The first kappa shape index (κ1) is 21.9. The van der Waals surface area contributed by atoms with Crippen molar-refractivity contribution < 1.29 is 14.6 Å². The van der Waals surface area contributed by atoms with Gasteiger partial charge >= 0.3 is 0 Å². The molecule has 0 aromatic heterocycles. The van der Waals surface area contributed by atoms with Gasteiger partial charge in [-0.15, -0.1) is 12.3 Å². The zero-order chi connectivity index (χ0) is 20.7. The van der Waals surface area contributed by atoms with E-state index in [0.29, 0.717) is 6.42 Å². The van der Waals surface area contributed by atoms with Crippen molar-refractivity contribution in [3.8, 4) is 23.8 Å². The van der Waals surface area contributed by atoms with Crippen molar-refractivity contribution >= 4 is 0 Å². The van der Waals surface area contributed by atoms with Gasteiger partial charge in [0.25, 0.3) is 0 Å². The second-order valence-corrected chi connectivity index (χ2v) is 7.52. The largest absolute Gasteiger partial charge is 0.493 e. The Bertz CT molecular complexity index is 799. The van der Waals surface area contributed by atoms with Crippen LogP contribution < -0.4 is 9.47 Å². The molecule has 2 aromatic rings. The zero-order valence-corrected chi connectivity index (χ0v) is 17.8. The molecule has 0 aliphatic rings. The number of rotatable bonds is 9. The maximum Gasteiger partial charge on any atom is 0.125 e. The standard InChI is InChI=1S/C25H32O3/c1-7-9-23(26)16-28-25-19(5)13-22(14-20(25)6)15-21-11-17(3)24(18(4)12-21)27-10-8-2/h1,11-14,23,26H,8-10,15-16H2,2-6H3. The Labute approximate surface area is 169 Å². The molecule has 0 fully saturated rings. The highest BCUT2D eigenvalue weighted by molar-refractivity contribution is 5.47. The van der Waals surface area contributed by atoms with E-state index in [2.05, 4.69) is 51.0 Å². The maximum atomic E-state index is 9.79. The van der Waals surface area contributed by atoms with E-state index in [-0.39, 0.29) is 6.61 Å². The van der Waals surface area contributed by atoms with Crippen molar-refractivity contribution in [2.45, 2.75) is 60.0 Å². The molecule has 1 unspecified atom stereocenters. The Morgan fingerprint density at radius 1 is 0.893 bits per heavy atom. The first-order valence-corrected chi connectivity index (χ1v) is 9.93. The molecule has 3 heteroatoms. The number of aliphatic hydroxyl groups is 1. The quantitative estimate of drug-likeness (QED) is 0.618. The summed E-state index contributed by atoms with van der Waals surface area (Å²) in [6.07, 6.45) is 6.76. The third-order valence-corrected chi connectivity index (χ3v) is 4.67. The minimum atomic E-state index is -0.636. The number of benzene rings is 2. The minimum absolute atomic E-state index is 0.211. The van der Waals surface area contributed by atoms with Crippen LogP contribution in [0.25, 0.3) is 0 Å². The van der Waals surface area contributed by atoms with Gasteiger partial charge in [0.15, 0.2) is 0 Å². The third-order valence-electron chi connectivity index (χ3n) is 4.67. The lowest BCUT2D eigenvalue weighted by atomic mass is 9.97. The fourth-order valence-electron chi connectivity index (χ4n) is 3.55. The van der Waals surface area contributed by atoms with Gasteiger partial charge in [0.05, 0.1) is 12.7 Å². The van der Waals surface area contributed by atoms with E-state index >= 15 is 0 Å². The van der Waals surface area contributed by atoms with Crippen LogP contribution >= 0.6 is 0 Å². The highest BCUT2D eigenvalue weighted by Gasteiger charge is 2.11. The van der Waals surface area contributed by atoms with Gasteiger partial charge in [-0.25, -0.2) is 0 Å². The molecule has 2 rings (SSSR count). The van der Waals surface area contributed by atoms with Crippen LogP contribution in [0.5, 0.6) is 11.5 Å². The molecular weight excluding hydrogens is 348 g/mol. The van der Waals surface area contributed by atoms with Crippen molar-refractivity contribution in [2.75, 3.05) is 13.2 Å². The van der Waals surface area contributed by atoms with Gasteiger partial charge in [-0.3, -0.25) is 0 Å². The van der Waals surface area contributed by atoms with E-state index in [1.807, 2.05) is 13.8 Å². The summed E-state index contributed by atoms with van der Waals surface area (Å²) in [7, 11) is 0. The van der Waals surface area contributed by atoms with E-state index in [0.717, 1.165) is 42.1 Å². The predicted molar refractivity (Wildman–Crippen MR) is 115 cm³/mol. The first-order valence-electron chi connectivity index (χ1n) is 9.93. The van der Waals surface area contributed by atoms with Crippen LogP contribution in [0.3, 0.4) is 0 Å². The average molecular weight is 381 g/mol. The van der Waals surface area contributed by atoms with Crippen LogP contribution in [0.4, 0.5) is 0 Å².